The Hall–Kier alpha value is -2.35. The van der Waals surface area contributed by atoms with Gasteiger partial charge in [0, 0.05) is 30.8 Å². The fourth-order valence-electron chi connectivity index (χ4n) is 2.99. The summed E-state index contributed by atoms with van der Waals surface area (Å²) < 4.78 is 28.7. The van der Waals surface area contributed by atoms with Crippen molar-refractivity contribution in [3.63, 3.8) is 0 Å². The first kappa shape index (κ1) is 19.4. The zero-order valence-electron chi connectivity index (χ0n) is 15.9. The van der Waals surface area contributed by atoms with Crippen LogP contribution in [0.15, 0.2) is 39.9 Å². The lowest BCUT2D eigenvalue weighted by atomic mass is 10.1. The molecule has 1 aromatic carbocycles. The topological polar surface area (TPSA) is 96.6 Å². The second-order valence-electron chi connectivity index (χ2n) is 7.36. The molecule has 1 aliphatic rings. The molecule has 1 saturated carbocycles. The van der Waals surface area contributed by atoms with E-state index in [-0.39, 0.29) is 11.2 Å². The number of benzene rings is 1. The smallest absolute Gasteiger partial charge is 0.226 e. The number of aliphatic imine (C=N–C) groups is 1. The van der Waals surface area contributed by atoms with Crippen LogP contribution in [-0.4, -0.2) is 45.0 Å². The molecule has 0 radical (unpaired) electrons. The predicted molar refractivity (Wildman–Crippen MR) is 106 cm³/mol. The molecule has 0 spiro atoms. The molecule has 1 fully saturated rings. The highest BCUT2D eigenvalue weighted by atomic mass is 32.2. The zero-order chi connectivity index (χ0) is 19.5. The van der Waals surface area contributed by atoms with E-state index in [1.54, 1.807) is 13.3 Å². The molecule has 0 atom stereocenters. The van der Waals surface area contributed by atoms with Crippen molar-refractivity contribution in [2.75, 3.05) is 25.6 Å². The fraction of sp³-hybridized carbons (Fsp3) is 0.474. The number of aromatic nitrogens is 1. The highest BCUT2D eigenvalue weighted by molar-refractivity contribution is 7.90. The molecular weight excluding hydrogens is 364 g/mol. The Kier molecular flexibility index (Phi) is 5.55. The highest BCUT2D eigenvalue weighted by Gasteiger charge is 2.45. The van der Waals surface area contributed by atoms with Crippen molar-refractivity contribution in [2.24, 2.45) is 10.4 Å². The molecule has 27 heavy (non-hydrogen) atoms. The maximum absolute atomic E-state index is 11.6. The number of rotatable bonds is 7. The van der Waals surface area contributed by atoms with Gasteiger partial charge in [0.25, 0.3) is 0 Å². The van der Waals surface area contributed by atoms with Gasteiger partial charge >= 0.3 is 0 Å². The number of nitrogens with zero attached hydrogens (tertiary/aromatic N) is 2. The van der Waals surface area contributed by atoms with Crippen molar-refractivity contribution in [3.8, 4) is 11.5 Å². The third-order valence-corrected chi connectivity index (χ3v) is 5.80. The summed E-state index contributed by atoms with van der Waals surface area (Å²) in [5, 5.41) is 6.42. The fourth-order valence-corrected chi connectivity index (χ4v) is 4.49. The monoisotopic (exact) mass is 390 g/mol. The molecule has 0 bridgehead atoms. The molecule has 2 aromatic rings. The average Bonchev–Trinajstić information content (AvgIpc) is 3.18. The van der Waals surface area contributed by atoms with Crippen LogP contribution in [0.3, 0.4) is 0 Å². The molecule has 7 nitrogen and oxygen atoms in total. The van der Waals surface area contributed by atoms with E-state index in [1.807, 2.05) is 31.2 Å². The van der Waals surface area contributed by atoms with E-state index in [4.69, 9.17) is 4.42 Å². The number of oxazole rings is 1. The number of hydrogen-bond donors (Lipinski definition) is 2. The molecule has 1 heterocycles. The molecule has 0 aliphatic heterocycles. The summed E-state index contributed by atoms with van der Waals surface area (Å²) in [4.78, 5) is 8.69. The zero-order valence-corrected chi connectivity index (χ0v) is 16.8. The van der Waals surface area contributed by atoms with Gasteiger partial charge in [0.15, 0.2) is 5.96 Å². The minimum absolute atomic E-state index is 0.155. The first-order valence-corrected chi connectivity index (χ1v) is 11.0. The summed E-state index contributed by atoms with van der Waals surface area (Å²) in [5.41, 5.74) is 2.74. The van der Waals surface area contributed by atoms with E-state index in [0.29, 0.717) is 24.9 Å². The van der Waals surface area contributed by atoms with E-state index in [2.05, 4.69) is 20.6 Å². The van der Waals surface area contributed by atoms with Crippen molar-refractivity contribution in [1.29, 1.82) is 0 Å². The largest absolute Gasteiger partial charge is 0.444 e. The minimum atomic E-state index is -2.98. The molecule has 1 aliphatic carbocycles. The molecule has 0 unspecified atom stereocenters. The number of guanidine groups is 1. The molecule has 1 aromatic heterocycles. The standard InChI is InChI=1S/C19H26N4O3S/c1-14-4-6-15(7-5-14)17-23-16(11-26-17)10-21-18(20-2)22-12-19(8-9-19)13-27(3,24)25/h4-7,11H,8-10,12-13H2,1-3H3,(H2,20,21,22). The van der Waals surface area contributed by atoms with Crippen LogP contribution in [0.1, 0.15) is 24.1 Å². The quantitative estimate of drug-likeness (QED) is 0.555. The SMILES string of the molecule is CN=C(NCc1coc(-c2ccc(C)cc2)n1)NCC1(CS(C)(=O)=O)CC1. The van der Waals surface area contributed by atoms with Gasteiger partial charge in [-0.3, -0.25) is 4.99 Å². The molecular formula is C19H26N4O3S. The van der Waals surface area contributed by atoms with Crippen molar-refractivity contribution in [2.45, 2.75) is 26.3 Å². The molecule has 0 saturated heterocycles. The van der Waals surface area contributed by atoms with Crippen LogP contribution in [-0.2, 0) is 16.4 Å². The summed E-state index contributed by atoms with van der Waals surface area (Å²) >= 11 is 0. The van der Waals surface area contributed by atoms with Crippen molar-refractivity contribution < 1.29 is 12.8 Å². The first-order valence-electron chi connectivity index (χ1n) is 8.92. The van der Waals surface area contributed by atoms with Gasteiger partial charge in [0.05, 0.1) is 18.0 Å². The lowest BCUT2D eigenvalue weighted by Crippen LogP contribution is -2.41. The third kappa shape index (κ3) is 5.56. The van der Waals surface area contributed by atoms with Gasteiger partial charge in [0.2, 0.25) is 5.89 Å². The maximum atomic E-state index is 11.6. The number of hydrogen-bond acceptors (Lipinski definition) is 5. The van der Waals surface area contributed by atoms with E-state index in [1.165, 1.54) is 11.8 Å². The first-order chi connectivity index (χ1) is 12.8. The maximum Gasteiger partial charge on any atom is 0.226 e. The van der Waals surface area contributed by atoms with E-state index >= 15 is 0 Å². The van der Waals surface area contributed by atoms with Gasteiger partial charge in [-0.05, 0) is 31.9 Å². The lowest BCUT2D eigenvalue weighted by Gasteiger charge is -2.17. The predicted octanol–water partition coefficient (Wildman–Crippen LogP) is 2.14. The Morgan fingerprint density at radius 1 is 1.26 bits per heavy atom. The van der Waals surface area contributed by atoms with E-state index in [9.17, 15) is 8.42 Å². The Balaban J connectivity index is 1.52. The van der Waals surface area contributed by atoms with Crippen molar-refractivity contribution in [3.05, 3.63) is 41.8 Å². The van der Waals surface area contributed by atoms with Gasteiger partial charge < -0.3 is 15.1 Å². The van der Waals surface area contributed by atoms with Gasteiger partial charge in [-0.25, -0.2) is 13.4 Å². The molecule has 0 amide bonds. The van der Waals surface area contributed by atoms with Crippen LogP contribution in [0.2, 0.25) is 0 Å². The normalized spacial score (nSPS) is 16.2. The van der Waals surface area contributed by atoms with E-state index < -0.39 is 9.84 Å². The van der Waals surface area contributed by atoms with Crippen molar-refractivity contribution >= 4 is 15.8 Å². The van der Waals surface area contributed by atoms with Gasteiger partial charge in [0.1, 0.15) is 16.1 Å². The number of sulfone groups is 1. The number of nitrogens with one attached hydrogen (secondary N) is 2. The van der Waals surface area contributed by atoms with Crippen LogP contribution >= 0.6 is 0 Å². The summed E-state index contributed by atoms with van der Waals surface area (Å²) in [7, 11) is -1.29. The summed E-state index contributed by atoms with van der Waals surface area (Å²) in [6.45, 7) is 3.09. The Bertz CT molecular complexity index is 913. The second-order valence-corrected chi connectivity index (χ2v) is 9.50. The van der Waals surface area contributed by atoms with Crippen molar-refractivity contribution in [1.82, 2.24) is 15.6 Å². The third-order valence-electron chi connectivity index (χ3n) is 4.67. The molecule has 8 heteroatoms. The summed E-state index contributed by atoms with van der Waals surface area (Å²) in [6, 6.07) is 8.01. The van der Waals surface area contributed by atoms with Gasteiger partial charge in [-0.2, -0.15) is 0 Å². The van der Waals surface area contributed by atoms with Crippen LogP contribution in [0.4, 0.5) is 0 Å². The molecule has 2 N–H and O–H groups in total. The Morgan fingerprint density at radius 3 is 2.56 bits per heavy atom. The van der Waals surface area contributed by atoms with Crippen LogP contribution in [0, 0.1) is 12.3 Å². The number of aryl methyl sites for hydroxylation is 1. The summed E-state index contributed by atoms with van der Waals surface area (Å²) in [5.74, 6) is 1.42. The van der Waals surface area contributed by atoms with E-state index in [0.717, 1.165) is 24.1 Å². The second kappa shape index (κ2) is 7.72. The van der Waals surface area contributed by atoms with Crippen LogP contribution in [0.5, 0.6) is 0 Å². The summed E-state index contributed by atoms with van der Waals surface area (Å²) in [6.07, 6.45) is 4.76. The van der Waals surface area contributed by atoms with Gasteiger partial charge in [-0.1, -0.05) is 17.7 Å². The Morgan fingerprint density at radius 2 is 1.96 bits per heavy atom. The molecule has 3 rings (SSSR count). The van der Waals surface area contributed by atoms with Crippen LogP contribution in [0.25, 0.3) is 11.5 Å². The van der Waals surface area contributed by atoms with Gasteiger partial charge in [-0.15, -0.1) is 0 Å². The Labute approximate surface area is 160 Å². The minimum Gasteiger partial charge on any atom is -0.444 e. The highest BCUT2D eigenvalue weighted by Crippen LogP contribution is 2.45. The lowest BCUT2D eigenvalue weighted by molar-refractivity contribution is 0.529. The average molecular weight is 391 g/mol. The molecule has 146 valence electrons. The van der Waals surface area contributed by atoms with Crippen LogP contribution < -0.4 is 10.6 Å².